The summed E-state index contributed by atoms with van der Waals surface area (Å²) in [5.41, 5.74) is 5.37. The molecule has 2 unspecified atom stereocenters. The first-order chi connectivity index (χ1) is 6.84. The SMILES string of the molecule is CC(C)CC(C)NC(=O)C(C)(N)C1CC1. The lowest BCUT2D eigenvalue weighted by Crippen LogP contribution is -2.55. The molecule has 0 saturated heterocycles. The Bertz CT molecular complexity index is 232. The third kappa shape index (κ3) is 3.49. The van der Waals surface area contributed by atoms with Crippen molar-refractivity contribution in [1.29, 1.82) is 0 Å². The van der Waals surface area contributed by atoms with Crippen molar-refractivity contribution in [3.63, 3.8) is 0 Å². The van der Waals surface area contributed by atoms with Gasteiger partial charge in [0.1, 0.15) is 0 Å². The van der Waals surface area contributed by atoms with Gasteiger partial charge >= 0.3 is 0 Å². The summed E-state index contributed by atoms with van der Waals surface area (Å²) in [4.78, 5) is 11.9. The maximum atomic E-state index is 11.9. The van der Waals surface area contributed by atoms with Gasteiger partial charge < -0.3 is 11.1 Å². The highest BCUT2D eigenvalue weighted by Crippen LogP contribution is 2.38. The molecule has 0 bridgehead atoms. The predicted octanol–water partition coefficient (Wildman–Crippen LogP) is 1.66. The highest BCUT2D eigenvalue weighted by molar-refractivity contribution is 5.86. The number of carbonyl (C=O) groups excluding carboxylic acids is 1. The van der Waals surface area contributed by atoms with Crippen LogP contribution in [0.2, 0.25) is 0 Å². The number of rotatable bonds is 5. The molecular weight excluding hydrogens is 188 g/mol. The molecule has 0 aromatic carbocycles. The first-order valence-electron chi connectivity index (χ1n) is 5.94. The van der Waals surface area contributed by atoms with E-state index in [4.69, 9.17) is 5.73 Å². The number of nitrogens with two attached hydrogens (primary N) is 1. The fourth-order valence-corrected chi connectivity index (χ4v) is 2.01. The Balaban J connectivity index is 2.40. The topological polar surface area (TPSA) is 55.1 Å². The van der Waals surface area contributed by atoms with Gasteiger partial charge in [-0.25, -0.2) is 0 Å². The van der Waals surface area contributed by atoms with E-state index in [1.165, 1.54) is 0 Å². The van der Waals surface area contributed by atoms with Gasteiger partial charge in [0, 0.05) is 6.04 Å². The fraction of sp³-hybridized carbons (Fsp3) is 0.917. The van der Waals surface area contributed by atoms with Gasteiger partial charge in [-0.15, -0.1) is 0 Å². The molecule has 88 valence electrons. The highest BCUT2D eigenvalue weighted by Gasteiger charge is 2.44. The molecule has 3 N–H and O–H groups in total. The average Bonchev–Trinajstić information content (AvgIpc) is 2.83. The second kappa shape index (κ2) is 4.52. The maximum absolute atomic E-state index is 11.9. The van der Waals surface area contributed by atoms with Crippen molar-refractivity contribution < 1.29 is 4.79 Å². The molecule has 1 aliphatic rings. The molecule has 1 amide bonds. The lowest BCUT2D eigenvalue weighted by molar-refractivity contribution is -0.127. The zero-order valence-corrected chi connectivity index (χ0v) is 10.3. The van der Waals surface area contributed by atoms with Crippen LogP contribution >= 0.6 is 0 Å². The largest absolute Gasteiger partial charge is 0.352 e. The lowest BCUT2D eigenvalue weighted by Gasteiger charge is -2.26. The number of nitrogens with one attached hydrogen (secondary N) is 1. The van der Waals surface area contributed by atoms with Crippen molar-refractivity contribution in [3.8, 4) is 0 Å². The summed E-state index contributed by atoms with van der Waals surface area (Å²) in [5, 5.41) is 3.01. The lowest BCUT2D eigenvalue weighted by atomic mass is 9.95. The van der Waals surface area contributed by atoms with Crippen molar-refractivity contribution in [1.82, 2.24) is 5.32 Å². The second-order valence-electron chi connectivity index (χ2n) is 5.56. The maximum Gasteiger partial charge on any atom is 0.240 e. The van der Waals surface area contributed by atoms with E-state index in [1.807, 2.05) is 13.8 Å². The minimum atomic E-state index is -0.661. The third-order valence-electron chi connectivity index (χ3n) is 3.12. The molecular formula is C12H24N2O. The van der Waals surface area contributed by atoms with Gasteiger partial charge in [-0.05, 0) is 44.9 Å². The van der Waals surface area contributed by atoms with Crippen LogP contribution in [0, 0.1) is 11.8 Å². The molecule has 0 spiro atoms. The van der Waals surface area contributed by atoms with Crippen LogP contribution in [0.25, 0.3) is 0 Å². The Morgan fingerprint density at radius 1 is 1.47 bits per heavy atom. The molecule has 1 aliphatic carbocycles. The molecule has 2 atom stereocenters. The molecule has 3 nitrogen and oxygen atoms in total. The normalized spacial score (nSPS) is 22.3. The third-order valence-corrected chi connectivity index (χ3v) is 3.12. The summed E-state index contributed by atoms with van der Waals surface area (Å²) in [6, 6.07) is 0.221. The van der Waals surface area contributed by atoms with Crippen LogP contribution in [0.4, 0.5) is 0 Å². The summed E-state index contributed by atoms with van der Waals surface area (Å²) < 4.78 is 0. The van der Waals surface area contributed by atoms with Crippen molar-refractivity contribution >= 4 is 5.91 Å². The van der Waals surface area contributed by atoms with Crippen molar-refractivity contribution in [3.05, 3.63) is 0 Å². The van der Waals surface area contributed by atoms with Crippen LogP contribution in [-0.4, -0.2) is 17.5 Å². The molecule has 0 heterocycles. The van der Waals surface area contributed by atoms with Gasteiger partial charge in [0.15, 0.2) is 0 Å². The van der Waals surface area contributed by atoms with Crippen LogP contribution in [0.3, 0.4) is 0 Å². The van der Waals surface area contributed by atoms with Gasteiger partial charge in [0.05, 0.1) is 5.54 Å². The summed E-state index contributed by atoms with van der Waals surface area (Å²) >= 11 is 0. The zero-order valence-electron chi connectivity index (χ0n) is 10.3. The standard InChI is InChI=1S/C12H24N2O/c1-8(2)7-9(3)14-11(15)12(4,13)10-5-6-10/h8-10H,5-7,13H2,1-4H3,(H,14,15). The van der Waals surface area contributed by atoms with E-state index in [-0.39, 0.29) is 11.9 Å². The van der Waals surface area contributed by atoms with Crippen LogP contribution in [0.5, 0.6) is 0 Å². The van der Waals surface area contributed by atoms with E-state index in [9.17, 15) is 4.79 Å². The Morgan fingerprint density at radius 2 is 2.00 bits per heavy atom. The molecule has 3 heteroatoms. The van der Waals surface area contributed by atoms with Crippen LogP contribution in [0.1, 0.15) is 47.0 Å². The van der Waals surface area contributed by atoms with E-state index in [1.54, 1.807) is 0 Å². The molecule has 0 aromatic heterocycles. The van der Waals surface area contributed by atoms with E-state index >= 15 is 0 Å². The molecule has 0 radical (unpaired) electrons. The fourth-order valence-electron chi connectivity index (χ4n) is 2.01. The van der Waals surface area contributed by atoms with Crippen molar-refractivity contribution in [2.24, 2.45) is 17.6 Å². The zero-order chi connectivity index (χ0) is 11.6. The van der Waals surface area contributed by atoms with Gasteiger partial charge in [-0.3, -0.25) is 4.79 Å². The van der Waals surface area contributed by atoms with Crippen LogP contribution in [0.15, 0.2) is 0 Å². The molecule has 1 saturated carbocycles. The molecule has 0 aliphatic heterocycles. The highest BCUT2D eigenvalue weighted by atomic mass is 16.2. The number of hydrogen-bond donors (Lipinski definition) is 2. The van der Waals surface area contributed by atoms with Gasteiger partial charge in [0.25, 0.3) is 0 Å². The van der Waals surface area contributed by atoms with E-state index in [0.29, 0.717) is 11.8 Å². The van der Waals surface area contributed by atoms with Crippen LogP contribution in [-0.2, 0) is 4.79 Å². The van der Waals surface area contributed by atoms with Gasteiger partial charge in [-0.2, -0.15) is 0 Å². The van der Waals surface area contributed by atoms with E-state index in [2.05, 4.69) is 19.2 Å². The average molecular weight is 212 g/mol. The molecule has 0 aromatic rings. The molecule has 1 fully saturated rings. The second-order valence-corrected chi connectivity index (χ2v) is 5.56. The Kier molecular flexibility index (Phi) is 3.77. The predicted molar refractivity (Wildman–Crippen MR) is 62.4 cm³/mol. The number of amides is 1. The quantitative estimate of drug-likeness (QED) is 0.728. The summed E-state index contributed by atoms with van der Waals surface area (Å²) in [5.74, 6) is 1.01. The minimum absolute atomic E-state index is 0.0122. The van der Waals surface area contributed by atoms with Gasteiger partial charge in [-0.1, -0.05) is 13.8 Å². The van der Waals surface area contributed by atoms with Gasteiger partial charge in [0.2, 0.25) is 5.91 Å². The Morgan fingerprint density at radius 3 is 2.40 bits per heavy atom. The van der Waals surface area contributed by atoms with Crippen LogP contribution < -0.4 is 11.1 Å². The first kappa shape index (κ1) is 12.5. The summed E-state index contributed by atoms with van der Waals surface area (Å²) in [7, 11) is 0. The Labute approximate surface area is 92.8 Å². The summed E-state index contributed by atoms with van der Waals surface area (Å²) in [6.45, 7) is 8.21. The molecule has 15 heavy (non-hydrogen) atoms. The number of hydrogen-bond acceptors (Lipinski definition) is 2. The van der Waals surface area contributed by atoms with Crippen molar-refractivity contribution in [2.75, 3.05) is 0 Å². The number of carbonyl (C=O) groups is 1. The molecule has 1 rings (SSSR count). The van der Waals surface area contributed by atoms with E-state index in [0.717, 1.165) is 19.3 Å². The van der Waals surface area contributed by atoms with Crippen molar-refractivity contribution in [2.45, 2.75) is 58.5 Å². The minimum Gasteiger partial charge on any atom is -0.352 e. The monoisotopic (exact) mass is 212 g/mol. The Hall–Kier alpha value is -0.570. The summed E-state index contributed by atoms with van der Waals surface area (Å²) in [6.07, 6.45) is 3.20. The smallest absolute Gasteiger partial charge is 0.240 e. The van der Waals surface area contributed by atoms with E-state index < -0.39 is 5.54 Å². The first-order valence-corrected chi connectivity index (χ1v) is 5.94.